The van der Waals surface area contributed by atoms with Gasteiger partial charge in [-0.15, -0.1) is 0 Å². The van der Waals surface area contributed by atoms with Gasteiger partial charge >= 0.3 is 12.1 Å². The average Bonchev–Trinajstić information content (AvgIpc) is 2.65. The van der Waals surface area contributed by atoms with Crippen molar-refractivity contribution in [2.24, 2.45) is 0 Å². The number of benzene rings is 2. The number of halogens is 4. The number of carbonyl (C=O) groups excluding carboxylic acids is 2. The Kier molecular flexibility index (Phi) is 7.06. The fourth-order valence-corrected chi connectivity index (χ4v) is 2.31. The molecule has 0 aliphatic heterocycles. The van der Waals surface area contributed by atoms with Gasteiger partial charge in [-0.05, 0) is 48.0 Å². The first-order valence-corrected chi connectivity index (χ1v) is 8.22. The highest BCUT2D eigenvalue weighted by molar-refractivity contribution is 6.31. The molecule has 2 aromatic carbocycles. The molecule has 0 bridgehead atoms. The maximum Gasteiger partial charge on any atom is 0.417 e. The number of rotatable bonds is 6. The van der Waals surface area contributed by atoms with Crippen LogP contribution in [0.2, 0.25) is 5.02 Å². The van der Waals surface area contributed by atoms with E-state index in [4.69, 9.17) is 21.1 Å². The van der Waals surface area contributed by atoms with Crippen molar-refractivity contribution in [3.63, 3.8) is 0 Å². The van der Waals surface area contributed by atoms with Crippen LogP contribution in [0, 0.1) is 0 Å². The van der Waals surface area contributed by atoms with Gasteiger partial charge in [-0.2, -0.15) is 13.2 Å². The number of nitrogens with one attached hydrogen (secondary N) is 1. The Morgan fingerprint density at radius 1 is 1.14 bits per heavy atom. The van der Waals surface area contributed by atoms with Gasteiger partial charge in [0.1, 0.15) is 5.75 Å². The van der Waals surface area contributed by atoms with E-state index in [-0.39, 0.29) is 5.56 Å². The molecule has 0 unspecified atom stereocenters. The van der Waals surface area contributed by atoms with Crippen molar-refractivity contribution in [1.82, 2.24) is 0 Å². The Balaban J connectivity index is 1.88. The van der Waals surface area contributed by atoms with E-state index < -0.39 is 35.2 Å². The molecule has 2 aromatic rings. The van der Waals surface area contributed by atoms with Gasteiger partial charge in [0, 0.05) is 11.8 Å². The average molecular weight is 414 g/mol. The molecule has 0 saturated carbocycles. The number of methoxy groups -OCH3 is 1. The molecular weight excluding hydrogens is 399 g/mol. The molecule has 0 heterocycles. The van der Waals surface area contributed by atoms with Crippen molar-refractivity contribution in [2.45, 2.75) is 6.18 Å². The Hall–Kier alpha value is -3.00. The van der Waals surface area contributed by atoms with Crippen LogP contribution < -0.4 is 10.1 Å². The highest BCUT2D eigenvalue weighted by Gasteiger charge is 2.33. The quantitative estimate of drug-likeness (QED) is 0.557. The molecule has 0 aliphatic carbocycles. The van der Waals surface area contributed by atoms with Gasteiger partial charge in [0.2, 0.25) is 0 Å². The molecule has 0 radical (unpaired) electrons. The molecule has 5 nitrogen and oxygen atoms in total. The largest absolute Gasteiger partial charge is 0.497 e. The zero-order chi connectivity index (χ0) is 20.7. The minimum Gasteiger partial charge on any atom is -0.497 e. The van der Waals surface area contributed by atoms with Crippen LogP contribution in [-0.2, 0) is 20.5 Å². The summed E-state index contributed by atoms with van der Waals surface area (Å²) in [5, 5.41) is 2.08. The smallest absolute Gasteiger partial charge is 0.417 e. The molecular formula is C19H15ClF3NO4. The highest BCUT2D eigenvalue weighted by Crippen LogP contribution is 2.35. The third kappa shape index (κ3) is 6.31. The first-order chi connectivity index (χ1) is 13.2. The summed E-state index contributed by atoms with van der Waals surface area (Å²) in [6.07, 6.45) is -2.56. The van der Waals surface area contributed by atoms with Crippen LogP contribution in [0.5, 0.6) is 5.75 Å². The molecule has 0 saturated heterocycles. The fourth-order valence-electron chi connectivity index (χ4n) is 2.08. The van der Waals surface area contributed by atoms with E-state index in [1.165, 1.54) is 13.2 Å². The van der Waals surface area contributed by atoms with Crippen LogP contribution >= 0.6 is 11.6 Å². The lowest BCUT2D eigenvalue weighted by atomic mass is 10.1. The van der Waals surface area contributed by atoms with Crippen LogP contribution in [-0.4, -0.2) is 25.6 Å². The lowest BCUT2D eigenvalue weighted by molar-refractivity contribution is -0.142. The van der Waals surface area contributed by atoms with Gasteiger partial charge in [0.25, 0.3) is 5.91 Å². The molecule has 1 N–H and O–H groups in total. The third-order valence-corrected chi connectivity index (χ3v) is 3.76. The number of anilines is 1. The lowest BCUT2D eigenvalue weighted by Crippen LogP contribution is -2.20. The minimum absolute atomic E-state index is 0.108. The molecule has 9 heteroatoms. The predicted molar refractivity (Wildman–Crippen MR) is 98.1 cm³/mol. The maximum atomic E-state index is 12.8. The first-order valence-electron chi connectivity index (χ1n) is 7.84. The van der Waals surface area contributed by atoms with Crippen molar-refractivity contribution in [2.75, 3.05) is 19.0 Å². The van der Waals surface area contributed by atoms with Gasteiger partial charge in [0.15, 0.2) is 6.61 Å². The second kappa shape index (κ2) is 9.27. The molecule has 0 aromatic heterocycles. The number of ether oxygens (including phenoxy) is 2. The monoisotopic (exact) mass is 413 g/mol. The van der Waals surface area contributed by atoms with Crippen LogP contribution in [0.25, 0.3) is 6.08 Å². The number of hydrogen-bond donors (Lipinski definition) is 1. The summed E-state index contributed by atoms with van der Waals surface area (Å²) in [5.74, 6) is -0.836. The SMILES string of the molecule is COc1ccc(NC(=O)COC(=O)/C=C/c2ccc(Cl)c(C(F)(F)F)c2)cc1. The number of amides is 1. The van der Waals surface area contributed by atoms with Crippen molar-refractivity contribution < 1.29 is 32.2 Å². The van der Waals surface area contributed by atoms with Crippen LogP contribution in [0.4, 0.5) is 18.9 Å². The summed E-state index contributed by atoms with van der Waals surface area (Å²) < 4.78 is 48.2. The van der Waals surface area contributed by atoms with E-state index in [9.17, 15) is 22.8 Å². The molecule has 0 aliphatic rings. The molecule has 28 heavy (non-hydrogen) atoms. The second-order valence-electron chi connectivity index (χ2n) is 5.45. The van der Waals surface area contributed by atoms with E-state index in [1.807, 2.05) is 0 Å². The normalized spacial score (nSPS) is 11.3. The number of esters is 1. The molecule has 2 rings (SSSR count). The molecule has 0 fully saturated rings. The Bertz CT molecular complexity index is 880. The van der Waals surface area contributed by atoms with Gasteiger partial charge < -0.3 is 14.8 Å². The minimum atomic E-state index is -4.61. The van der Waals surface area contributed by atoms with Gasteiger partial charge in [-0.25, -0.2) is 4.79 Å². The summed E-state index contributed by atoms with van der Waals surface area (Å²) in [6.45, 7) is -0.552. The highest BCUT2D eigenvalue weighted by atomic mass is 35.5. The number of hydrogen-bond acceptors (Lipinski definition) is 4. The summed E-state index contributed by atoms with van der Waals surface area (Å²) in [4.78, 5) is 23.4. The molecule has 148 valence electrons. The Labute approximate surface area is 163 Å². The number of alkyl halides is 3. The third-order valence-electron chi connectivity index (χ3n) is 3.43. The van der Waals surface area contributed by atoms with Crippen LogP contribution in [0.3, 0.4) is 0 Å². The lowest BCUT2D eigenvalue weighted by Gasteiger charge is -2.09. The van der Waals surface area contributed by atoms with E-state index in [0.717, 1.165) is 24.3 Å². The van der Waals surface area contributed by atoms with Gasteiger partial charge in [-0.3, -0.25) is 4.79 Å². The van der Waals surface area contributed by atoms with Gasteiger partial charge in [0.05, 0.1) is 17.7 Å². The Morgan fingerprint density at radius 3 is 2.43 bits per heavy atom. The second-order valence-corrected chi connectivity index (χ2v) is 5.86. The van der Waals surface area contributed by atoms with Gasteiger partial charge in [-0.1, -0.05) is 17.7 Å². The van der Waals surface area contributed by atoms with E-state index in [0.29, 0.717) is 11.4 Å². The zero-order valence-electron chi connectivity index (χ0n) is 14.5. The molecule has 1 amide bonds. The summed E-state index contributed by atoms with van der Waals surface area (Å²) in [5.41, 5.74) is -0.418. The fraction of sp³-hybridized carbons (Fsp3) is 0.158. The molecule has 0 spiro atoms. The number of carbonyl (C=O) groups is 2. The zero-order valence-corrected chi connectivity index (χ0v) is 15.3. The maximum absolute atomic E-state index is 12.8. The van der Waals surface area contributed by atoms with Crippen molar-refractivity contribution in [1.29, 1.82) is 0 Å². The predicted octanol–water partition coefficient (Wildman–Crippen LogP) is 4.56. The molecule has 0 atom stereocenters. The first kappa shape index (κ1) is 21.3. The van der Waals surface area contributed by atoms with E-state index in [2.05, 4.69) is 5.32 Å². The van der Waals surface area contributed by atoms with Crippen molar-refractivity contribution in [3.05, 3.63) is 64.7 Å². The summed E-state index contributed by atoms with van der Waals surface area (Å²) >= 11 is 5.52. The van der Waals surface area contributed by atoms with E-state index in [1.54, 1.807) is 24.3 Å². The van der Waals surface area contributed by atoms with Crippen LogP contribution in [0.1, 0.15) is 11.1 Å². The Morgan fingerprint density at radius 2 is 1.82 bits per heavy atom. The standard InChI is InChI=1S/C19H15ClF3NO4/c1-27-14-6-4-13(5-7-14)24-17(25)11-28-18(26)9-3-12-2-8-16(20)15(10-12)19(21,22)23/h2-10H,11H2,1H3,(H,24,25)/b9-3+. The van der Waals surface area contributed by atoms with E-state index >= 15 is 0 Å². The van der Waals surface area contributed by atoms with Crippen molar-refractivity contribution in [3.8, 4) is 5.75 Å². The summed E-state index contributed by atoms with van der Waals surface area (Å²) in [7, 11) is 1.51. The summed E-state index contributed by atoms with van der Waals surface area (Å²) in [6, 6.07) is 9.71. The topological polar surface area (TPSA) is 64.6 Å². The van der Waals surface area contributed by atoms with Crippen molar-refractivity contribution >= 4 is 35.2 Å². The van der Waals surface area contributed by atoms with Crippen LogP contribution in [0.15, 0.2) is 48.5 Å².